The molecule has 2 aromatic rings. The van der Waals surface area contributed by atoms with Gasteiger partial charge in [0.15, 0.2) is 0 Å². The van der Waals surface area contributed by atoms with Gasteiger partial charge >= 0.3 is 5.97 Å². The van der Waals surface area contributed by atoms with E-state index in [1.807, 2.05) is 12.1 Å². The molecule has 21 heavy (non-hydrogen) atoms. The molecule has 0 spiro atoms. The average Bonchev–Trinajstić information content (AvgIpc) is 2.44. The van der Waals surface area contributed by atoms with Gasteiger partial charge in [0, 0.05) is 17.3 Å². The summed E-state index contributed by atoms with van der Waals surface area (Å²) in [6.07, 6.45) is 1.41. The van der Waals surface area contributed by atoms with Crippen molar-refractivity contribution >= 4 is 29.2 Å². The Morgan fingerprint density at radius 1 is 1.24 bits per heavy atom. The molecule has 0 aliphatic heterocycles. The van der Waals surface area contributed by atoms with Crippen molar-refractivity contribution in [2.75, 3.05) is 6.61 Å². The summed E-state index contributed by atoms with van der Waals surface area (Å²) < 4.78 is 6.32. The van der Waals surface area contributed by atoms with Gasteiger partial charge in [-0.1, -0.05) is 35.3 Å². The topological polar surface area (TPSA) is 48.3 Å². The Kier molecular flexibility index (Phi) is 5.04. The highest BCUT2D eigenvalue weighted by molar-refractivity contribution is 6.33. The smallest absolute Gasteiger partial charge is 0.341 e. The molecule has 0 radical (unpaired) electrons. The van der Waals surface area contributed by atoms with E-state index in [1.54, 1.807) is 19.1 Å². The number of hydrogen-bond acceptors (Lipinski definition) is 3. The molecule has 0 atom stereocenters. The Balaban J connectivity index is 2.35. The zero-order chi connectivity index (χ0) is 15.4. The highest BCUT2D eigenvalue weighted by atomic mass is 35.5. The molecule has 6 heteroatoms. The first-order valence-corrected chi connectivity index (χ1v) is 7.08. The number of pyridine rings is 1. The molecule has 0 unspecified atom stereocenters. The van der Waals surface area contributed by atoms with E-state index < -0.39 is 5.97 Å². The van der Waals surface area contributed by atoms with Crippen molar-refractivity contribution < 1.29 is 9.53 Å². The van der Waals surface area contributed by atoms with E-state index in [0.717, 1.165) is 5.56 Å². The van der Waals surface area contributed by atoms with E-state index in [9.17, 15) is 9.59 Å². The summed E-state index contributed by atoms with van der Waals surface area (Å²) in [6, 6.07) is 8.32. The fraction of sp³-hybridized carbons (Fsp3) is 0.200. The molecule has 2 rings (SSSR count). The molecule has 0 aliphatic carbocycles. The van der Waals surface area contributed by atoms with Crippen molar-refractivity contribution in [3.05, 3.63) is 68.1 Å². The van der Waals surface area contributed by atoms with Gasteiger partial charge in [-0.3, -0.25) is 4.79 Å². The number of hydrogen-bond donors (Lipinski definition) is 0. The van der Waals surface area contributed by atoms with Gasteiger partial charge in [-0.2, -0.15) is 0 Å². The molecule has 4 nitrogen and oxygen atoms in total. The Morgan fingerprint density at radius 3 is 2.52 bits per heavy atom. The van der Waals surface area contributed by atoms with Crippen molar-refractivity contribution in [2.45, 2.75) is 13.5 Å². The number of benzene rings is 1. The third kappa shape index (κ3) is 3.86. The van der Waals surface area contributed by atoms with Crippen molar-refractivity contribution in [2.24, 2.45) is 0 Å². The van der Waals surface area contributed by atoms with Gasteiger partial charge in [0.1, 0.15) is 0 Å². The molecule has 0 saturated heterocycles. The first kappa shape index (κ1) is 15.6. The number of nitrogens with zero attached hydrogens (tertiary/aromatic N) is 1. The van der Waals surface area contributed by atoms with Gasteiger partial charge in [0.05, 0.1) is 23.7 Å². The molecular weight excluding hydrogens is 313 g/mol. The lowest BCUT2D eigenvalue weighted by Gasteiger charge is -2.10. The lowest BCUT2D eigenvalue weighted by atomic mass is 10.2. The summed E-state index contributed by atoms with van der Waals surface area (Å²) in [5.74, 6) is -0.549. The van der Waals surface area contributed by atoms with Crippen LogP contribution in [0, 0.1) is 0 Å². The molecule has 0 aliphatic rings. The van der Waals surface area contributed by atoms with Gasteiger partial charge in [-0.15, -0.1) is 0 Å². The third-order valence-electron chi connectivity index (χ3n) is 2.84. The van der Waals surface area contributed by atoms with Crippen LogP contribution < -0.4 is 5.56 Å². The second-order valence-corrected chi connectivity index (χ2v) is 5.19. The summed E-state index contributed by atoms with van der Waals surface area (Å²) in [5, 5.41) is 0.709. The Labute approximate surface area is 131 Å². The van der Waals surface area contributed by atoms with Crippen LogP contribution >= 0.6 is 23.2 Å². The first-order chi connectivity index (χ1) is 10.0. The van der Waals surface area contributed by atoms with Crippen LogP contribution in [0.5, 0.6) is 0 Å². The molecular formula is C15H13Cl2NO3. The maximum Gasteiger partial charge on any atom is 0.341 e. The highest BCUT2D eigenvalue weighted by Crippen LogP contribution is 2.15. The number of rotatable bonds is 4. The van der Waals surface area contributed by atoms with Crippen molar-refractivity contribution in [3.63, 3.8) is 0 Å². The van der Waals surface area contributed by atoms with Crippen molar-refractivity contribution in [1.82, 2.24) is 4.57 Å². The molecule has 1 aromatic carbocycles. The second-order valence-electron chi connectivity index (χ2n) is 4.35. The third-order valence-corrected chi connectivity index (χ3v) is 3.40. The fourth-order valence-electron chi connectivity index (χ4n) is 1.82. The largest absolute Gasteiger partial charge is 0.462 e. The normalized spacial score (nSPS) is 10.4. The quantitative estimate of drug-likeness (QED) is 0.809. The van der Waals surface area contributed by atoms with Gasteiger partial charge in [0.25, 0.3) is 5.56 Å². The Hall–Kier alpha value is -1.78. The molecule has 1 aromatic heterocycles. The van der Waals surface area contributed by atoms with E-state index in [2.05, 4.69) is 0 Å². The number of halogens is 2. The summed E-state index contributed by atoms with van der Waals surface area (Å²) >= 11 is 11.7. The minimum Gasteiger partial charge on any atom is -0.462 e. The number of esters is 1. The van der Waals surface area contributed by atoms with Crippen LogP contribution in [0.15, 0.2) is 41.3 Å². The number of aromatic nitrogens is 1. The van der Waals surface area contributed by atoms with E-state index in [1.165, 1.54) is 16.8 Å². The second kappa shape index (κ2) is 6.78. The van der Waals surface area contributed by atoms with E-state index in [4.69, 9.17) is 27.9 Å². The van der Waals surface area contributed by atoms with Crippen molar-refractivity contribution in [3.8, 4) is 0 Å². The highest BCUT2D eigenvalue weighted by Gasteiger charge is 2.14. The van der Waals surface area contributed by atoms with Crippen LogP contribution in [0.3, 0.4) is 0 Å². The predicted octanol–water partition coefficient (Wildman–Crippen LogP) is 3.38. The first-order valence-electron chi connectivity index (χ1n) is 6.33. The molecule has 0 bridgehead atoms. The standard InChI is InChI=1S/C15H13Cl2NO3/c1-2-21-15(20)12-9-18(14(19)7-13(12)17)8-10-3-5-11(16)6-4-10/h3-7,9H,2,8H2,1H3. The monoisotopic (exact) mass is 325 g/mol. The fourth-order valence-corrected chi connectivity index (χ4v) is 2.16. The average molecular weight is 326 g/mol. The maximum atomic E-state index is 11.9. The molecule has 0 saturated carbocycles. The van der Waals surface area contributed by atoms with Crippen LogP contribution in [0.2, 0.25) is 10.0 Å². The summed E-state index contributed by atoms with van der Waals surface area (Å²) in [4.78, 5) is 23.7. The molecule has 0 fully saturated rings. The lowest BCUT2D eigenvalue weighted by Crippen LogP contribution is -2.22. The number of carbonyl (C=O) groups is 1. The van der Waals surface area contributed by atoms with Gasteiger partial charge in [0.2, 0.25) is 0 Å². The van der Waals surface area contributed by atoms with E-state index in [0.29, 0.717) is 11.6 Å². The summed E-state index contributed by atoms with van der Waals surface area (Å²) in [5.41, 5.74) is 0.772. The number of carbonyl (C=O) groups excluding carboxylic acids is 1. The summed E-state index contributed by atoms with van der Waals surface area (Å²) in [7, 11) is 0. The lowest BCUT2D eigenvalue weighted by molar-refractivity contribution is 0.0525. The Bertz CT molecular complexity index is 708. The summed E-state index contributed by atoms with van der Waals surface area (Å²) in [6.45, 7) is 2.26. The SMILES string of the molecule is CCOC(=O)c1cn(Cc2ccc(Cl)cc2)c(=O)cc1Cl. The van der Waals surface area contributed by atoms with E-state index in [-0.39, 0.29) is 22.8 Å². The van der Waals surface area contributed by atoms with E-state index >= 15 is 0 Å². The molecule has 110 valence electrons. The number of ether oxygens (including phenoxy) is 1. The van der Waals surface area contributed by atoms with Crippen LogP contribution in [-0.2, 0) is 11.3 Å². The van der Waals surface area contributed by atoms with Crippen LogP contribution in [0.1, 0.15) is 22.8 Å². The van der Waals surface area contributed by atoms with Gasteiger partial charge < -0.3 is 9.30 Å². The molecule has 0 amide bonds. The van der Waals surface area contributed by atoms with Gasteiger partial charge in [-0.25, -0.2) is 4.79 Å². The van der Waals surface area contributed by atoms with Crippen LogP contribution in [-0.4, -0.2) is 17.1 Å². The van der Waals surface area contributed by atoms with Crippen molar-refractivity contribution in [1.29, 1.82) is 0 Å². The minimum absolute atomic E-state index is 0.0887. The van der Waals surface area contributed by atoms with Crippen LogP contribution in [0.4, 0.5) is 0 Å². The maximum absolute atomic E-state index is 11.9. The Morgan fingerprint density at radius 2 is 1.90 bits per heavy atom. The minimum atomic E-state index is -0.549. The predicted molar refractivity (Wildman–Crippen MR) is 82.2 cm³/mol. The molecule has 1 heterocycles. The van der Waals surface area contributed by atoms with Gasteiger partial charge in [-0.05, 0) is 24.6 Å². The van der Waals surface area contributed by atoms with Crippen LogP contribution in [0.25, 0.3) is 0 Å². The zero-order valence-corrected chi connectivity index (χ0v) is 12.8. The zero-order valence-electron chi connectivity index (χ0n) is 11.3. The molecule has 0 N–H and O–H groups in total.